The van der Waals surface area contributed by atoms with Crippen LogP contribution in [0.25, 0.3) is 11.4 Å². The lowest BCUT2D eigenvalue weighted by atomic mass is 10.1. The minimum absolute atomic E-state index is 0.133. The molecule has 0 saturated heterocycles. The van der Waals surface area contributed by atoms with Gasteiger partial charge in [-0.3, -0.25) is 9.36 Å². The summed E-state index contributed by atoms with van der Waals surface area (Å²) in [6.07, 6.45) is 2.53. The Balaban J connectivity index is 1.75. The summed E-state index contributed by atoms with van der Waals surface area (Å²) in [6.45, 7) is 6.20. The van der Waals surface area contributed by atoms with E-state index in [0.29, 0.717) is 23.1 Å². The number of anilines is 1. The number of amides is 1. The van der Waals surface area contributed by atoms with Crippen molar-refractivity contribution in [2.24, 2.45) is 0 Å². The molecule has 0 atom stereocenters. The summed E-state index contributed by atoms with van der Waals surface area (Å²) in [5.74, 6) is 0.0827. The summed E-state index contributed by atoms with van der Waals surface area (Å²) in [7, 11) is 0. The first kappa shape index (κ1) is 19.8. The van der Waals surface area contributed by atoms with Crippen molar-refractivity contribution in [2.75, 3.05) is 11.1 Å². The second-order valence-corrected chi connectivity index (χ2v) is 6.98. The average Bonchev–Trinajstić information content (AvgIpc) is 3.10. The highest BCUT2D eigenvalue weighted by atomic mass is 32.2. The standard InChI is InChI=1S/C21H21FN4OS/c1-3-13-26-20(16-10-6-7-11-17(16)22)24-25-21(26)28-14-19(27)23-18-12-8-5-9-15(18)4-2/h3,5-12H,1,4,13-14H2,2H3,(H,23,27). The monoisotopic (exact) mass is 396 g/mol. The predicted octanol–water partition coefficient (Wildman–Crippen LogP) is 4.56. The number of carbonyl (C=O) groups excluding carboxylic acids is 1. The molecular weight excluding hydrogens is 375 g/mol. The average molecular weight is 396 g/mol. The van der Waals surface area contributed by atoms with Crippen molar-refractivity contribution in [2.45, 2.75) is 25.0 Å². The Bertz CT molecular complexity index is 986. The number of hydrogen-bond donors (Lipinski definition) is 1. The topological polar surface area (TPSA) is 59.8 Å². The molecule has 28 heavy (non-hydrogen) atoms. The molecule has 1 N–H and O–H groups in total. The van der Waals surface area contributed by atoms with E-state index in [-0.39, 0.29) is 17.5 Å². The third-order valence-corrected chi connectivity index (χ3v) is 5.11. The summed E-state index contributed by atoms with van der Waals surface area (Å²) in [4.78, 5) is 12.4. The van der Waals surface area contributed by atoms with E-state index in [1.54, 1.807) is 28.8 Å². The van der Waals surface area contributed by atoms with E-state index in [1.165, 1.54) is 17.8 Å². The maximum Gasteiger partial charge on any atom is 0.234 e. The third kappa shape index (κ3) is 4.48. The normalized spacial score (nSPS) is 10.6. The van der Waals surface area contributed by atoms with Gasteiger partial charge in [0.25, 0.3) is 0 Å². The highest BCUT2D eigenvalue weighted by Gasteiger charge is 2.17. The summed E-state index contributed by atoms with van der Waals surface area (Å²) < 4.78 is 15.9. The molecule has 0 unspecified atom stereocenters. The number of thioether (sulfide) groups is 1. The molecule has 0 fully saturated rings. The zero-order valence-electron chi connectivity index (χ0n) is 15.6. The van der Waals surface area contributed by atoms with Gasteiger partial charge in [-0.2, -0.15) is 0 Å². The van der Waals surface area contributed by atoms with Crippen molar-refractivity contribution in [3.05, 3.63) is 72.6 Å². The number of carbonyl (C=O) groups is 1. The van der Waals surface area contributed by atoms with Crippen LogP contribution in [0.3, 0.4) is 0 Å². The van der Waals surface area contributed by atoms with Gasteiger partial charge < -0.3 is 5.32 Å². The van der Waals surface area contributed by atoms with Crippen LogP contribution in [0.2, 0.25) is 0 Å². The van der Waals surface area contributed by atoms with Gasteiger partial charge in [0.1, 0.15) is 5.82 Å². The number of nitrogens with zero attached hydrogens (tertiary/aromatic N) is 3. The third-order valence-electron chi connectivity index (χ3n) is 4.15. The fourth-order valence-corrected chi connectivity index (χ4v) is 3.55. The van der Waals surface area contributed by atoms with Crippen LogP contribution in [0.5, 0.6) is 0 Å². The lowest BCUT2D eigenvalue weighted by Crippen LogP contribution is -2.15. The fraction of sp³-hybridized carbons (Fsp3) is 0.190. The zero-order chi connectivity index (χ0) is 19.9. The quantitative estimate of drug-likeness (QED) is 0.448. The van der Waals surface area contributed by atoms with Crippen LogP contribution in [-0.4, -0.2) is 26.4 Å². The van der Waals surface area contributed by atoms with Crippen molar-refractivity contribution in [3.8, 4) is 11.4 Å². The molecule has 144 valence electrons. The number of halogens is 1. The molecule has 0 aliphatic heterocycles. The van der Waals surface area contributed by atoms with E-state index in [4.69, 9.17) is 0 Å². The second-order valence-electron chi connectivity index (χ2n) is 6.03. The smallest absolute Gasteiger partial charge is 0.234 e. The molecule has 0 aliphatic carbocycles. The first-order chi connectivity index (χ1) is 13.6. The van der Waals surface area contributed by atoms with Gasteiger partial charge in [-0.15, -0.1) is 16.8 Å². The lowest BCUT2D eigenvalue weighted by molar-refractivity contribution is -0.113. The molecule has 5 nitrogen and oxygen atoms in total. The maximum absolute atomic E-state index is 14.2. The molecule has 0 bridgehead atoms. The Morgan fingerprint density at radius 3 is 2.71 bits per heavy atom. The highest BCUT2D eigenvalue weighted by molar-refractivity contribution is 7.99. The molecular formula is C21H21FN4OS. The van der Waals surface area contributed by atoms with E-state index in [9.17, 15) is 9.18 Å². The van der Waals surface area contributed by atoms with Gasteiger partial charge >= 0.3 is 0 Å². The van der Waals surface area contributed by atoms with E-state index in [0.717, 1.165) is 17.7 Å². The summed E-state index contributed by atoms with van der Waals surface area (Å²) in [5, 5.41) is 11.7. The number of rotatable bonds is 8. The molecule has 0 aliphatic rings. The first-order valence-corrected chi connectivity index (χ1v) is 9.92. The highest BCUT2D eigenvalue weighted by Crippen LogP contribution is 2.26. The molecule has 3 rings (SSSR count). The molecule has 2 aromatic carbocycles. The Morgan fingerprint density at radius 2 is 1.96 bits per heavy atom. The summed E-state index contributed by atoms with van der Waals surface area (Å²) >= 11 is 1.26. The van der Waals surface area contributed by atoms with Crippen molar-refractivity contribution in [1.82, 2.24) is 14.8 Å². The Kier molecular flexibility index (Phi) is 6.60. The Labute approximate surface area is 167 Å². The van der Waals surface area contributed by atoms with E-state index >= 15 is 0 Å². The van der Waals surface area contributed by atoms with Gasteiger partial charge in [-0.25, -0.2) is 4.39 Å². The molecule has 3 aromatic rings. The lowest BCUT2D eigenvalue weighted by Gasteiger charge is -2.10. The van der Waals surface area contributed by atoms with Crippen molar-refractivity contribution in [3.63, 3.8) is 0 Å². The molecule has 0 radical (unpaired) electrons. The van der Waals surface area contributed by atoms with E-state index in [2.05, 4.69) is 22.1 Å². The van der Waals surface area contributed by atoms with Gasteiger partial charge in [0.2, 0.25) is 5.91 Å². The van der Waals surface area contributed by atoms with Crippen molar-refractivity contribution >= 4 is 23.4 Å². The van der Waals surface area contributed by atoms with Crippen LogP contribution in [0.15, 0.2) is 66.3 Å². The second kappa shape index (κ2) is 9.32. The number of para-hydroxylation sites is 1. The van der Waals surface area contributed by atoms with E-state index in [1.807, 2.05) is 31.2 Å². The number of aromatic nitrogens is 3. The SMILES string of the molecule is C=CCn1c(SCC(=O)Nc2ccccc2CC)nnc1-c1ccccc1F. The number of benzene rings is 2. The minimum atomic E-state index is -0.370. The molecule has 1 heterocycles. The Hall–Kier alpha value is -2.93. The van der Waals surface area contributed by atoms with Crippen LogP contribution >= 0.6 is 11.8 Å². The largest absolute Gasteiger partial charge is 0.325 e. The van der Waals surface area contributed by atoms with Crippen LogP contribution < -0.4 is 5.32 Å². The van der Waals surface area contributed by atoms with Crippen LogP contribution in [0.4, 0.5) is 10.1 Å². The number of nitrogens with one attached hydrogen (secondary N) is 1. The van der Waals surface area contributed by atoms with Gasteiger partial charge in [0.05, 0.1) is 11.3 Å². The fourth-order valence-electron chi connectivity index (χ4n) is 2.80. The minimum Gasteiger partial charge on any atom is -0.325 e. The molecule has 0 spiro atoms. The van der Waals surface area contributed by atoms with Gasteiger partial charge in [0.15, 0.2) is 11.0 Å². The molecule has 1 amide bonds. The van der Waals surface area contributed by atoms with Crippen LogP contribution in [-0.2, 0) is 17.8 Å². The molecule has 1 aromatic heterocycles. The van der Waals surface area contributed by atoms with Crippen LogP contribution in [0, 0.1) is 5.82 Å². The van der Waals surface area contributed by atoms with Crippen molar-refractivity contribution in [1.29, 1.82) is 0 Å². The predicted molar refractivity (Wildman–Crippen MR) is 111 cm³/mol. The maximum atomic E-state index is 14.2. The summed E-state index contributed by atoms with van der Waals surface area (Å²) in [6, 6.07) is 14.1. The molecule has 7 heteroatoms. The zero-order valence-corrected chi connectivity index (χ0v) is 16.4. The van der Waals surface area contributed by atoms with Gasteiger partial charge in [-0.05, 0) is 30.2 Å². The van der Waals surface area contributed by atoms with Gasteiger partial charge in [-0.1, -0.05) is 55.1 Å². The number of hydrogen-bond acceptors (Lipinski definition) is 4. The van der Waals surface area contributed by atoms with Crippen LogP contribution in [0.1, 0.15) is 12.5 Å². The summed E-state index contributed by atoms with van der Waals surface area (Å²) in [5.41, 5.74) is 2.26. The van der Waals surface area contributed by atoms with E-state index < -0.39 is 0 Å². The Morgan fingerprint density at radius 1 is 1.21 bits per heavy atom. The number of aryl methyl sites for hydroxylation is 1. The first-order valence-electron chi connectivity index (χ1n) is 8.93. The van der Waals surface area contributed by atoms with Gasteiger partial charge in [0, 0.05) is 12.2 Å². The number of allylic oxidation sites excluding steroid dienone is 1. The van der Waals surface area contributed by atoms with Crippen molar-refractivity contribution < 1.29 is 9.18 Å². The molecule has 0 saturated carbocycles.